The van der Waals surface area contributed by atoms with Gasteiger partial charge in [0.1, 0.15) is 17.3 Å². The second-order valence-electron chi connectivity index (χ2n) is 5.82. The fraction of sp³-hybridized carbons (Fsp3) is 0.333. The highest BCUT2D eigenvalue weighted by molar-refractivity contribution is 6.32. The lowest BCUT2D eigenvalue weighted by Gasteiger charge is -2.06. The minimum atomic E-state index is -0.763. The Morgan fingerprint density at radius 1 is 1.19 bits per heavy atom. The average Bonchev–Trinajstić information content (AvgIpc) is 2.92. The largest absolute Gasteiger partial charge is 0.468 e. The lowest BCUT2D eigenvalue weighted by atomic mass is 10.1. The summed E-state index contributed by atoms with van der Waals surface area (Å²) in [6.07, 6.45) is 0. The molecular weight excluding hydrogens is 374 g/mol. The molecule has 0 saturated heterocycles. The van der Waals surface area contributed by atoms with E-state index >= 15 is 0 Å². The summed E-state index contributed by atoms with van der Waals surface area (Å²) < 4.78 is 10.8. The van der Waals surface area contributed by atoms with E-state index in [2.05, 4.69) is 15.2 Å². The maximum atomic E-state index is 12.3. The molecule has 27 heavy (non-hydrogen) atoms. The summed E-state index contributed by atoms with van der Waals surface area (Å²) in [7, 11) is 1.20. The lowest BCUT2D eigenvalue weighted by molar-refractivity contribution is -0.141. The fourth-order valence-corrected chi connectivity index (χ4v) is 2.57. The molecule has 0 spiro atoms. The fourth-order valence-electron chi connectivity index (χ4n) is 2.25. The van der Waals surface area contributed by atoms with Crippen molar-refractivity contribution in [2.75, 3.05) is 20.3 Å². The molecule has 2 rings (SSSR count). The number of benzene rings is 1. The zero-order valence-electron chi connectivity index (χ0n) is 15.2. The first-order valence-electron chi connectivity index (χ1n) is 8.11. The molecule has 0 aliphatic rings. The van der Waals surface area contributed by atoms with Gasteiger partial charge in [0.15, 0.2) is 6.61 Å². The Morgan fingerprint density at radius 2 is 1.85 bits per heavy atom. The van der Waals surface area contributed by atoms with Crippen LogP contribution in [-0.4, -0.2) is 47.9 Å². The Kier molecular flexibility index (Phi) is 6.95. The van der Waals surface area contributed by atoms with Crippen LogP contribution in [0.5, 0.6) is 0 Å². The van der Waals surface area contributed by atoms with Gasteiger partial charge in [-0.2, -0.15) is 5.10 Å². The van der Waals surface area contributed by atoms with E-state index in [1.54, 1.807) is 6.92 Å². The molecule has 0 saturated carbocycles. The van der Waals surface area contributed by atoms with Crippen LogP contribution in [0.4, 0.5) is 0 Å². The SMILES string of the molecule is COC(=O)CNC(=O)COC(=O)c1c(C)nn(Cc2ccc(C)cc2)c1Cl. The number of carbonyl (C=O) groups excluding carboxylic acids is 3. The van der Waals surface area contributed by atoms with Crippen molar-refractivity contribution in [1.29, 1.82) is 0 Å². The van der Waals surface area contributed by atoms with Gasteiger partial charge in [0.2, 0.25) is 0 Å². The van der Waals surface area contributed by atoms with Crippen molar-refractivity contribution >= 4 is 29.4 Å². The van der Waals surface area contributed by atoms with Gasteiger partial charge < -0.3 is 14.8 Å². The molecule has 2 aromatic rings. The number of aryl methyl sites for hydroxylation is 2. The van der Waals surface area contributed by atoms with Gasteiger partial charge in [-0.05, 0) is 19.4 Å². The zero-order chi connectivity index (χ0) is 20.0. The van der Waals surface area contributed by atoms with Crippen LogP contribution in [0.1, 0.15) is 27.2 Å². The van der Waals surface area contributed by atoms with Crippen LogP contribution in [0, 0.1) is 13.8 Å². The average molecular weight is 394 g/mol. The molecule has 0 bridgehead atoms. The Balaban J connectivity index is 2.00. The lowest BCUT2D eigenvalue weighted by Crippen LogP contribution is -2.33. The van der Waals surface area contributed by atoms with Crippen LogP contribution >= 0.6 is 11.6 Å². The molecule has 0 aliphatic heterocycles. The third-order valence-corrected chi connectivity index (χ3v) is 4.10. The van der Waals surface area contributed by atoms with Crippen LogP contribution in [0.25, 0.3) is 0 Å². The number of carbonyl (C=O) groups is 3. The van der Waals surface area contributed by atoms with Gasteiger partial charge in [-0.15, -0.1) is 0 Å². The van der Waals surface area contributed by atoms with Crippen molar-refractivity contribution in [3.63, 3.8) is 0 Å². The van der Waals surface area contributed by atoms with Crippen molar-refractivity contribution in [2.24, 2.45) is 0 Å². The first-order chi connectivity index (χ1) is 12.8. The first-order valence-corrected chi connectivity index (χ1v) is 8.48. The van der Waals surface area contributed by atoms with Gasteiger partial charge in [0.25, 0.3) is 5.91 Å². The number of ether oxygens (including phenoxy) is 2. The normalized spacial score (nSPS) is 10.4. The summed E-state index contributed by atoms with van der Waals surface area (Å²) in [6, 6.07) is 7.85. The molecule has 1 heterocycles. The molecule has 8 nitrogen and oxygen atoms in total. The van der Waals surface area contributed by atoms with Gasteiger partial charge in [0.05, 0.1) is 19.3 Å². The van der Waals surface area contributed by atoms with E-state index in [0.717, 1.165) is 11.1 Å². The summed E-state index contributed by atoms with van der Waals surface area (Å²) in [5, 5.41) is 6.67. The second-order valence-corrected chi connectivity index (χ2v) is 6.18. The van der Waals surface area contributed by atoms with Gasteiger partial charge >= 0.3 is 11.9 Å². The topological polar surface area (TPSA) is 99.5 Å². The maximum absolute atomic E-state index is 12.3. The van der Waals surface area contributed by atoms with Crippen LogP contribution in [-0.2, 0) is 25.6 Å². The molecule has 0 fully saturated rings. The highest BCUT2D eigenvalue weighted by atomic mass is 35.5. The molecule has 0 unspecified atom stereocenters. The molecule has 1 amide bonds. The number of hydrogen-bond acceptors (Lipinski definition) is 6. The van der Waals surface area contributed by atoms with E-state index in [-0.39, 0.29) is 17.3 Å². The van der Waals surface area contributed by atoms with Crippen LogP contribution < -0.4 is 5.32 Å². The Hall–Kier alpha value is -2.87. The Morgan fingerprint density at radius 3 is 2.48 bits per heavy atom. The van der Waals surface area contributed by atoms with Crippen LogP contribution in [0.3, 0.4) is 0 Å². The molecule has 1 aromatic heterocycles. The predicted octanol–water partition coefficient (Wildman–Crippen LogP) is 1.65. The third kappa shape index (κ3) is 5.55. The summed E-state index contributed by atoms with van der Waals surface area (Å²) in [5.74, 6) is -2.00. The smallest absolute Gasteiger partial charge is 0.343 e. The summed E-state index contributed by atoms with van der Waals surface area (Å²) in [6.45, 7) is 3.17. The molecule has 9 heteroatoms. The quantitative estimate of drug-likeness (QED) is 0.718. The summed E-state index contributed by atoms with van der Waals surface area (Å²) >= 11 is 6.28. The molecule has 0 atom stereocenters. The summed E-state index contributed by atoms with van der Waals surface area (Å²) in [4.78, 5) is 34.8. The van der Waals surface area contributed by atoms with Crippen molar-refractivity contribution in [1.82, 2.24) is 15.1 Å². The first kappa shape index (κ1) is 20.4. The van der Waals surface area contributed by atoms with E-state index in [9.17, 15) is 14.4 Å². The summed E-state index contributed by atoms with van der Waals surface area (Å²) in [5.41, 5.74) is 2.61. The third-order valence-electron chi connectivity index (χ3n) is 3.71. The van der Waals surface area contributed by atoms with Gasteiger partial charge in [-0.3, -0.25) is 9.59 Å². The number of halogens is 1. The number of hydrogen-bond donors (Lipinski definition) is 1. The molecule has 0 aliphatic carbocycles. The highest BCUT2D eigenvalue weighted by Crippen LogP contribution is 2.22. The van der Waals surface area contributed by atoms with Crippen molar-refractivity contribution < 1.29 is 23.9 Å². The minimum absolute atomic E-state index is 0.101. The van der Waals surface area contributed by atoms with Gasteiger partial charge in [-0.25, -0.2) is 9.48 Å². The van der Waals surface area contributed by atoms with E-state index in [4.69, 9.17) is 16.3 Å². The Bertz CT molecular complexity index is 845. The number of aromatic nitrogens is 2. The highest BCUT2D eigenvalue weighted by Gasteiger charge is 2.22. The minimum Gasteiger partial charge on any atom is -0.468 e. The number of methoxy groups -OCH3 is 1. The molecule has 1 aromatic carbocycles. The van der Waals surface area contributed by atoms with E-state index in [1.165, 1.54) is 11.8 Å². The predicted molar refractivity (Wildman–Crippen MR) is 97.6 cm³/mol. The molecular formula is C18H20ClN3O5. The number of nitrogens with zero attached hydrogens (tertiary/aromatic N) is 2. The van der Waals surface area contributed by atoms with Crippen molar-refractivity contribution in [3.05, 3.63) is 51.8 Å². The molecule has 144 valence electrons. The van der Waals surface area contributed by atoms with Crippen molar-refractivity contribution in [3.8, 4) is 0 Å². The number of esters is 2. The number of amides is 1. The van der Waals surface area contributed by atoms with Crippen molar-refractivity contribution in [2.45, 2.75) is 20.4 Å². The number of rotatable bonds is 7. The molecule has 0 radical (unpaired) electrons. The van der Waals surface area contributed by atoms with Gasteiger partial charge in [-0.1, -0.05) is 41.4 Å². The van der Waals surface area contributed by atoms with Gasteiger partial charge in [0, 0.05) is 0 Å². The van der Waals surface area contributed by atoms with E-state index < -0.39 is 24.5 Å². The van der Waals surface area contributed by atoms with E-state index in [0.29, 0.717) is 12.2 Å². The Labute approximate surface area is 161 Å². The molecule has 1 N–H and O–H groups in total. The zero-order valence-corrected chi connectivity index (χ0v) is 16.0. The monoisotopic (exact) mass is 393 g/mol. The van der Waals surface area contributed by atoms with E-state index in [1.807, 2.05) is 31.2 Å². The number of nitrogens with one attached hydrogen (secondary N) is 1. The van der Waals surface area contributed by atoms with Crippen LogP contribution in [0.15, 0.2) is 24.3 Å². The maximum Gasteiger partial charge on any atom is 0.343 e. The van der Waals surface area contributed by atoms with Crippen LogP contribution in [0.2, 0.25) is 5.15 Å². The second kappa shape index (κ2) is 9.18. The standard InChI is InChI=1S/C18H20ClN3O5/c1-11-4-6-13(7-5-11)9-22-17(19)16(12(2)21-22)18(25)27-10-14(23)20-8-15(24)26-3/h4-7H,8-10H2,1-3H3,(H,20,23).